The highest BCUT2D eigenvalue weighted by Crippen LogP contribution is 2.26. The average molecular weight is 455 g/mol. The first-order valence-electron chi connectivity index (χ1n) is 9.80. The fourth-order valence-electron chi connectivity index (χ4n) is 2.87. The van der Waals surface area contributed by atoms with E-state index in [1.165, 1.54) is 7.11 Å². The van der Waals surface area contributed by atoms with Crippen molar-refractivity contribution in [3.05, 3.63) is 77.3 Å². The Labute approximate surface area is 191 Å². The monoisotopic (exact) mass is 454 g/mol. The van der Waals surface area contributed by atoms with Crippen LogP contribution in [0.3, 0.4) is 0 Å². The number of nitrogens with one attached hydrogen (secondary N) is 2. The van der Waals surface area contributed by atoms with Crippen LogP contribution in [-0.2, 0) is 9.59 Å². The van der Waals surface area contributed by atoms with Crippen LogP contribution in [0.25, 0.3) is 0 Å². The number of hydrogen-bond donors (Lipinski definition) is 2. The lowest BCUT2D eigenvalue weighted by molar-refractivity contribution is -0.119. The van der Waals surface area contributed by atoms with Gasteiger partial charge in [-0.25, -0.2) is 0 Å². The molecule has 2 amide bonds. The van der Waals surface area contributed by atoms with E-state index in [1.54, 1.807) is 60.7 Å². The van der Waals surface area contributed by atoms with E-state index < -0.39 is 0 Å². The van der Waals surface area contributed by atoms with E-state index in [4.69, 9.17) is 25.8 Å². The Bertz CT molecular complexity index is 1100. The lowest BCUT2D eigenvalue weighted by Crippen LogP contribution is -2.23. The summed E-state index contributed by atoms with van der Waals surface area (Å²) in [6, 6.07) is 19.1. The SMILES string of the molecule is COc1ccccc1OCC(=O)Nc1ccccc1NC(=O)COc1ccc(Cl)cc1C. The summed E-state index contributed by atoms with van der Waals surface area (Å²) in [5.74, 6) is 0.807. The molecule has 166 valence electrons. The molecule has 0 radical (unpaired) electrons. The van der Waals surface area contributed by atoms with E-state index in [1.807, 2.05) is 13.0 Å². The number of ether oxygens (including phenoxy) is 3. The number of carbonyl (C=O) groups excluding carboxylic acids is 2. The fourth-order valence-corrected chi connectivity index (χ4v) is 3.10. The number of hydrogen-bond acceptors (Lipinski definition) is 5. The van der Waals surface area contributed by atoms with Crippen LogP contribution in [0.15, 0.2) is 66.7 Å². The summed E-state index contributed by atoms with van der Waals surface area (Å²) in [4.78, 5) is 24.7. The Morgan fingerprint density at radius 3 is 1.88 bits per heavy atom. The van der Waals surface area contributed by atoms with E-state index in [0.29, 0.717) is 33.6 Å². The molecule has 0 aliphatic rings. The molecule has 0 heterocycles. The van der Waals surface area contributed by atoms with Gasteiger partial charge in [-0.05, 0) is 55.0 Å². The Balaban J connectivity index is 1.56. The first-order valence-corrected chi connectivity index (χ1v) is 10.2. The van der Waals surface area contributed by atoms with Gasteiger partial charge in [0.15, 0.2) is 24.7 Å². The largest absolute Gasteiger partial charge is 0.493 e. The molecule has 0 saturated heterocycles. The number of benzene rings is 3. The maximum absolute atomic E-state index is 12.4. The molecule has 3 aromatic rings. The molecule has 0 bridgehead atoms. The number of methoxy groups -OCH3 is 1. The van der Waals surface area contributed by atoms with Gasteiger partial charge in [-0.15, -0.1) is 0 Å². The number of amides is 2. The molecule has 32 heavy (non-hydrogen) atoms. The molecule has 0 unspecified atom stereocenters. The van der Waals surface area contributed by atoms with Crippen molar-refractivity contribution < 1.29 is 23.8 Å². The molecule has 0 spiro atoms. The van der Waals surface area contributed by atoms with E-state index in [-0.39, 0.29) is 25.0 Å². The number of halogens is 1. The topological polar surface area (TPSA) is 85.9 Å². The normalized spacial score (nSPS) is 10.2. The predicted octanol–water partition coefficient (Wildman–Crippen LogP) is 4.69. The van der Waals surface area contributed by atoms with Crippen LogP contribution in [-0.4, -0.2) is 32.1 Å². The van der Waals surface area contributed by atoms with Gasteiger partial charge in [0.2, 0.25) is 0 Å². The predicted molar refractivity (Wildman–Crippen MR) is 124 cm³/mol. The molecule has 3 rings (SSSR count). The minimum absolute atomic E-state index is 0.193. The van der Waals surface area contributed by atoms with Crippen molar-refractivity contribution in [1.82, 2.24) is 0 Å². The molecule has 3 aromatic carbocycles. The lowest BCUT2D eigenvalue weighted by Gasteiger charge is -2.14. The van der Waals surface area contributed by atoms with Gasteiger partial charge in [0, 0.05) is 5.02 Å². The molecular weight excluding hydrogens is 432 g/mol. The van der Waals surface area contributed by atoms with Crippen LogP contribution in [0, 0.1) is 6.92 Å². The maximum Gasteiger partial charge on any atom is 0.262 e. The van der Waals surface area contributed by atoms with Crippen LogP contribution >= 0.6 is 11.6 Å². The van der Waals surface area contributed by atoms with Crippen LogP contribution in [0.1, 0.15) is 5.56 Å². The van der Waals surface area contributed by atoms with Crippen LogP contribution < -0.4 is 24.8 Å². The molecule has 0 aliphatic heterocycles. The summed E-state index contributed by atoms with van der Waals surface area (Å²) >= 11 is 5.93. The zero-order valence-corrected chi connectivity index (χ0v) is 18.4. The Morgan fingerprint density at radius 2 is 1.31 bits per heavy atom. The molecule has 0 saturated carbocycles. The van der Waals surface area contributed by atoms with Crippen LogP contribution in [0.5, 0.6) is 17.2 Å². The van der Waals surface area contributed by atoms with Gasteiger partial charge in [0.1, 0.15) is 5.75 Å². The second-order valence-electron chi connectivity index (χ2n) is 6.78. The van der Waals surface area contributed by atoms with Gasteiger partial charge in [0.05, 0.1) is 18.5 Å². The Morgan fingerprint density at radius 1 is 0.781 bits per heavy atom. The van der Waals surface area contributed by atoms with Gasteiger partial charge < -0.3 is 24.8 Å². The number of carbonyl (C=O) groups is 2. The third-order valence-electron chi connectivity index (χ3n) is 4.40. The standard InChI is InChI=1S/C24H23ClN2O5/c1-16-13-17(25)11-12-20(16)31-14-23(28)26-18-7-3-4-8-19(18)27-24(29)15-32-22-10-6-5-9-21(22)30-2/h3-13H,14-15H2,1-2H3,(H,26,28)(H,27,29). The molecule has 7 nitrogen and oxygen atoms in total. The third kappa shape index (κ3) is 6.39. The van der Waals surface area contributed by atoms with Crippen molar-refractivity contribution >= 4 is 34.8 Å². The van der Waals surface area contributed by atoms with E-state index in [2.05, 4.69) is 10.6 Å². The lowest BCUT2D eigenvalue weighted by atomic mass is 10.2. The minimum atomic E-state index is -0.384. The molecule has 0 aromatic heterocycles. The summed E-state index contributed by atoms with van der Waals surface area (Å²) in [7, 11) is 1.53. The third-order valence-corrected chi connectivity index (χ3v) is 4.63. The number of aryl methyl sites for hydroxylation is 1. The average Bonchev–Trinajstić information content (AvgIpc) is 2.78. The first kappa shape index (κ1) is 23.0. The fraction of sp³-hybridized carbons (Fsp3) is 0.167. The van der Waals surface area contributed by atoms with Gasteiger partial charge in [-0.3, -0.25) is 9.59 Å². The Hall–Kier alpha value is -3.71. The zero-order valence-electron chi connectivity index (χ0n) is 17.7. The molecule has 0 aliphatic carbocycles. The molecule has 2 N–H and O–H groups in total. The molecule has 8 heteroatoms. The Kier molecular flexibility index (Phi) is 7.94. The van der Waals surface area contributed by atoms with E-state index in [9.17, 15) is 9.59 Å². The summed E-state index contributed by atoms with van der Waals surface area (Å²) in [6.07, 6.45) is 0. The highest BCUT2D eigenvalue weighted by atomic mass is 35.5. The number of anilines is 2. The first-order chi connectivity index (χ1) is 15.5. The molecular formula is C24H23ClN2O5. The van der Waals surface area contributed by atoms with Crippen molar-refractivity contribution in [2.24, 2.45) is 0 Å². The van der Waals surface area contributed by atoms with E-state index >= 15 is 0 Å². The minimum Gasteiger partial charge on any atom is -0.493 e. The van der Waals surface area contributed by atoms with Gasteiger partial charge >= 0.3 is 0 Å². The molecule has 0 atom stereocenters. The maximum atomic E-state index is 12.4. The number of rotatable bonds is 9. The van der Waals surface area contributed by atoms with Crippen molar-refractivity contribution in [3.8, 4) is 17.2 Å². The van der Waals surface area contributed by atoms with Gasteiger partial charge in [-0.1, -0.05) is 35.9 Å². The highest BCUT2D eigenvalue weighted by molar-refractivity contribution is 6.30. The second kappa shape index (κ2) is 11.1. The van der Waals surface area contributed by atoms with Crippen molar-refractivity contribution in [2.45, 2.75) is 6.92 Å². The smallest absolute Gasteiger partial charge is 0.262 e. The van der Waals surface area contributed by atoms with Crippen molar-refractivity contribution in [1.29, 1.82) is 0 Å². The highest BCUT2D eigenvalue weighted by Gasteiger charge is 2.12. The van der Waals surface area contributed by atoms with Crippen molar-refractivity contribution in [2.75, 3.05) is 31.0 Å². The molecule has 0 fully saturated rings. The summed E-state index contributed by atoms with van der Waals surface area (Å²) in [5.41, 5.74) is 1.71. The van der Waals surface area contributed by atoms with Gasteiger partial charge in [0.25, 0.3) is 11.8 Å². The second-order valence-corrected chi connectivity index (χ2v) is 7.22. The number of para-hydroxylation sites is 4. The van der Waals surface area contributed by atoms with Crippen molar-refractivity contribution in [3.63, 3.8) is 0 Å². The van der Waals surface area contributed by atoms with Gasteiger partial charge in [-0.2, -0.15) is 0 Å². The zero-order chi connectivity index (χ0) is 22.9. The van der Waals surface area contributed by atoms with E-state index in [0.717, 1.165) is 5.56 Å². The quantitative estimate of drug-likeness (QED) is 0.489. The summed E-state index contributed by atoms with van der Waals surface area (Å²) in [5, 5.41) is 6.08. The van der Waals surface area contributed by atoms with Crippen LogP contribution in [0.2, 0.25) is 5.02 Å². The summed E-state index contributed by atoms with van der Waals surface area (Å²) in [6.45, 7) is 1.43. The van der Waals surface area contributed by atoms with Crippen LogP contribution in [0.4, 0.5) is 11.4 Å². The summed E-state index contributed by atoms with van der Waals surface area (Å²) < 4.78 is 16.3.